The average Bonchev–Trinajstić information content (AvgIpc) is 2.34. The van der Waals surface area contributed by atoms with Gasteiger partial charge in [-0.25, -0.2) is 4.98 Å². The van der Waals surface area contributed by atoms with Gasteiger partial charge in [-0.15, -0.1) is 0 Å². The molecule has 1 heterocycles. The van der Waals surface area contributed by atoms with Crippen LogP contribution in [0.2, 0.25) is 0 Å². The Balaban J connectivity index is 1.90. The van der Waals surface area contributed by atoms with Crippen molar-refractivity contribution >= 4 is 21.7 Å². The second-order valence-electron chi connectivity index (χ2n) is 4.19. The topological polar surface area (TPSA) is 45.2 Å². The smallest absolute Gasteiger partial charge is 0.140 e. The van der Waals surface area contributed by atoms with Crippen LogP contribution in [0, 0.1) is 6.92 Å². The standard InChI is InChI=1S/C14H15BrN2O/c1-10-8-13(15)14(17-9-10)16-7-6-11-2-4-12(18)5-3-11/h2-5,8-9,18H,6-7H2,1H3,(H,16,17). The number of hydrogen-bond acceptors (Lipinski definition) is 3. The van der Waals surface area contributed by atoms with Gasteiger partial charge >= 0.3 is 0 Å². The third kappa shape index (κ3) is 3.47. The third-order valence-electron chi connectivity index (χ3n) is 2.62. The molecule has 18 heavy (non-hydrogen) atoms. The highest BCUT2D eigenvalue weighted by atomic mass is 79.9. The van der Waals surface area contributed by atoms with E-state index in [1.807, 2.05) is 31.3 Å². The summed E-state index contributed by atoms with van der Waals surface area (Å²) in [7, 11) is 0. The van der Waals surface area contributed by atoms with E-state index in [1.165, 1.54) is 5.56 Å². The fraction of sp³-hybridized carbons (Fsp3) is 0.214. The van der Waals surface area contributed by atoms with E-state index in [0.717, 1.165) is 28.8 Å². The van der Waals surface area contributed by atoms with Crippen LogP contribution in [0.4, 0.5) is 5.82 Å². The second kappa shape index (κ2) is 5.87. The van der Waals surface area contributed by atoms with Gasteiger partial charge < -0.3 is 10.4 Å². The van der Waals surface area contributed by atoms with Crippen molar-refractivity contribution in [3.05, 3.63) is 52.1 Å². The fourth-order valence-corrected chi connectivity index (χ4v) is 2.26. The molecule has 0 saturated heterocycles. The summed E-state index contributed by atoms with van der Waals surface area (Å²) in [5, 5.41) is 12.5. The summed E-state index contributed by atoms with van der Waals surface area (Å²) < 4.78 is 0.980. The molecular formula is C14H15BrN2O. The number of aromatic nitrogens is 1. The molecule has 0 atom stereocenters. The molecule has 3 nitrogen and oxygen atoms in total. The van der Waals surface area contributed by atoms with Crippen molar-refractivity contribution in [2.24, 2.45) is 0 Å². The highest BCUT2D eigenvalue weighted by molar-refractivity contribution is 9.10. The van der Waals surface area contributed by atoms with Gasteiger partial charge in [0.2, 0.25) is 0 Å². The highest BCUT2D eigenvalue weighted by Gasteiger charge is 2.01. The maximum atomic E-state index is 9.19. The number of nitrogens with zero attached hydrogens (tertiary/aromatic N) is 1. The molecule has 0 fully saturated rings. The number of hydrogen-bond donors (Lipinski definition) is 2. The Labute approximate surface area is 115 Å². The molecule has 0 bridgehead atoms. The largest absolute Gasteiger partial charge is 0.508 e. The van der Waals surface area contributed by atoms with Gasteiger partial charge in [0.1, 0.15) is 11.6 Å². The molecule has 1 aromatic heterocycles. The second-order valence-corrected chi connectivity index (χ2v) is 5.04. The predicted molar refractivity (Wildman–Crippen MR) is 77.0 cm³/mol. The van der Waals surface area contributed by atoms with E-state index in [1.54, 1.807) is 12.1 Å². The summed E-state index contributed by atoms with van der Waals surface area (Å²) in [4.78, 5) is 4.33. The van der Waals surface area contributed by atoms with Crippen LogP contribution in [0.15, 0.2) is 41.0 Å². The maximum absolute atomic E-state index is 9.19. The molecule has 1 aromatic carbocycles. The molecule has 2 N–H and O–H groups in total. The minimum Gasteiger partial charge on any atom is -0.508 e. The summed E-state index contributed by atoms with van der Waals surface area (Å²) in [6, 6.07) is 9.30. The highest BCUT2D eigenvalue weighted by Crippen LogP contribution is 2.20. The van der Waals surface area contributed by atoms with Gasteiger partial charge in [0.25, 0.3) is 0 Å². The first kappa shape index (κ1) is 12.9. The maximum Gasteiger partial charge on any atom is 0.140 e. The monoisotopic (exact) mass is 306 g/mol. The Kier molecular flexibility index (Phi) is 4.20. The molecule has 0 aliphatic carbocycles. The Hall–Kier alpha value is -1.55. The van der Waals surface area contributed by atoms with Crippen LogP contribution < -0.4 is 5.32 Å². The molecule has 0 amide bonds. The molecular weight excluding hydrogens is 292 g/mol. The lowest BCUT2D eigenvalue weighted by atomic mass is 10.1. The lowest BCUT2D eigenvalue weighted by molar-refractivity contribution is 0.475. The molecule has 94 valence electrons. The number of nitrogens with one attached hydrogen (secondary N) is 1. The van der Waals surface area contributed by atoms with Gasteiger partial charge in [0.15, 0.2) is 0 Å². The van der Waals surface area contributed by atoms with E-state index in [9.17, 15) is 5.11 Å². The molecule has 0 saturated carbocycles. The molecule has 2 aromatic rings. The summed E-state index contributed by atoms with van der Waals surface area (Å²) in [5.74, 6) is 1.16. The molecule has 2 rings (SSSR count). The molecule has 0 unspecified atom stereocenters. The Bertz CT molecular complexity index is 526. The Morgan fingerprint density at radius 3 is 2.67 bits per heavy atom. The van der Waals surface area contributed by atoms with Gasteiger partial charge in [-0.1, -0.05) is 12.1 Å². The van der Waals surface area contributed by atoms with Crippen LogP contribution in [-0.2, 0) is 6.42 Å². The lowest BCUT2D eigenvalue weighted by Crippen LogP contribution is -2.06. The number of rotatable bonds is 4. The number of phenols is 1. The predicted octanol–water partition coefficient (Wildman–Crippen LogP) is 3.51. The van der Waals surface area contributed by atoms with Gasteiger partial charge in [-0.05, 0) is 58.6 Å². The Morgan fingerprint density at radius 1 is 1.28 bits per heavy atom. The lowest BCUT2D eigenvalue weighted by Gasteiger charge is -2.08. The average molecular weight is 307 g/mol. The third-order valence-corrected chi connectivity index (χ3v) is 3.22. The van der Waals surface area contributed by atoms with E-state index in [-0.39, 0.29) is 0 Å². The quantitative estimate of drug-likeness (QED) is 0.908. The first-order chi connectivity index (χ1) is 8.65. The van der Waals surface area contributed by atoms with Crippen molar-refractivity contribution in [1.29, 1.82) is 0 Å². The van der Waals surface area contributed by atoms with Crippen molar-refractivity contribution in [2.75, 3.05) is 11.9 Å². The first-order valence-corrected chi connectivity index (χ1v) is 6.58. The van der Waals surface area contributed by atoms with Crippen molar-refractivity contribution in [1.82, 2.24) is 4.98 Å². The van der Waals surface area contributed by atoms with E-state index in [4.69, 9.17) is 0 Å². The fourth-order valence-electron chi connectivity index (χ4n) is 1.65. The summed E-state index contributed by atoms with van der Waals surface area (Å²) in [6.45, 7) is 2.82. The number of aryl methyl sites for hydroxylation is 1. The normalized spacial score (nSPS) is 10.3. The first-order valence-electron chi connectivity index (χ1n) is 5.79. The number of anilines is 1. The summed E-state index contributed by atoms with van der Waals surface area (Å²) >= 11 is 3.49. The Morgan fingerprint density at radius 2 is 2.00 bits per heavy atom. The SMILES string of the molecule is Cc1cnc(NCCc2ccc(O)cc2)c(Br)c1. The van der Waals surface area contributed by atoms with Crippen LogP contribution >= 0.6 is 15.9 Å². The molecule has 0 aliphatic heterocycles. The zero-order chi connectivity index (χ0) is 13.0. The van der Waals surface area contributed by atoms with Crippen LogP contribution in [-0.4, -0.2) is 16.6 Å². The van der Waals surface area contributed by atoms with Crippen molar-refractivity contribution in [2.45, 2.75) is 13.3 Å². The summed E-state index contributed by atoms with van der Waals surface area (Å²) in [5.41, 5.74) is 2.31. The number of benzene rings is 1. The molecule has 0 radical (unpaired) electrons. The van der Waals surface area contributed by atoms with E-state index < -0.39 is 0 Å². The van der Waals surface area contributed by atoms with Crippen molar-refractivity contribution in [3.8, 4) is 5.75 Å². The molecule has 4 heteroatoms. The molecule has 0 spiro atoms. The zero-order valence-corrected chi connectivity index (χ0v) is 11.7. The molecule has 0 aliphatic rings. The van der Waals surface area contributed by atoms with Gasteiger partial charge in [0.05, 0.1) is 4.47 Å². The van der Waals surface area contributed by atoms with Crippen molar-refractivity contribution < 1.29 is 5.11 Å². The van der Waals surface area contributed by atoms with E-state index in [0.29, 0.717) is 5.75 Å². The number of phenolic OH excluding ortho intramolecular Hbond substituents is 1. The van der Waals surface area contributed by atoms with Crippen LogP contribution in [0.1, 0.15) is 11.1 Å². The van der Waals surface area contributed by atoms with E-state index in [2.05, 4.69) is 26.2 Å². The number of aromatic hydroxyl groups is 1. The van der Waals surface area contributed by atoms with Crippen LogP contribution in [0.3, 0.4) is 0 Å². The zero-order valence-electron chi connectivity index (χ0n) is 10.2. The number of pyridine rings is 1. The van der Waals surface area contributed by atoms with Crippen LogP contribution in [0.5, 0.6) is 5.75 Å². The van der Waals surface area contributed by atoms with Gasteiger partial charge in [-0.3, -0.25) is 0 Å². The van der Waals surface area contributed by atoms with E-state index >= 15 is 0 Å². The van der Waals surface area contributed by atoms with Crippen LogP contribution in [0.25, 0.3) is 0 Å². The van der Waals surface area contributed by atoms with Crippen molar-refractivity contribution in [3.63, 3.8) is 0 Å². The summed E-state index contributed by atoms with van der Waals surface area (Å²) in [6.07, 6.45) is 2.73. The van der Waals surface area contributed by atoms with Gasteiger partial charge in [-0.2, -0.15) is 0 Å². The minimum absolute atomic E-state index is 0.301. The number of halogens is 1. The van der Waals surface area contributed by atoms with Gasteiger partial charge in [0, 0.05) is 12.7 Å². The minimum atomic E-state index is 0.301.